The highest BCUT2D eigenvalue weighted by Gasteiger charge is 2.38. The van der Waals surface area contributed by atoms with E-state index in [1.165, 1.54) is 19.2 Å². The van der Waals surface area contributed by atoms with Crippen molar-refractivity contribution in [2.75, 3.05) is 39.8 Å². The molecule has 1 aromatic rings. The van der Waals surface area contributed by atoms with Crippen LogP contribution in [0.1, 0.15) is 44.0 Å². The maximum atomic E-state index is 13.2. The van der Waals surface area contributed by atoms with Crippen molar-refractivity contribution >= 4 is 41.1 Å². The average Bonchev–Trinajstić information content (AvgIpc) is 3.21. The van der Waals surface area contributed by atoms with Crippen LogP contribution in [0.2, 0.25) is 10.0 Å². The molecule has 2 aliphatic rings. The first-order valence-electron chi connectivity index (χ1n) is 10.6. The van der Waals surface area contributed by atoms with Gasteiger partial charge in [-0.25, -0.2) is 4.79 Å². The highest BCUT2D eigenvalue weighted by Crippen LogP contribution is 2.35. The molecule has 10 heteroatoms. The first-order valence-corrected chi connectivity index (χ1v) is 11.4. The van der Waals surface area contributed by atoms with E-state index in [0.29, 0.717) is 50.5 Å². The van der Waals surface area contributed by atoms with E-state index >= 15 is 0 Å². The third-order valence-corrected chi connectivity index (χ3v) is 6.05. The van der Waals surface area contributed by atoms with Crippen LogP contribution in [0.15, 0.2) is 12.1 Å². The predicted octanol–water partition coefficient (Wildman–Crippen LogP) is 3.69. The Labute approximate surface area is 198 Å². The Morgan fingerprint density at radius 3 is 2.06 bits per heavy atom. The first kappa shape index (κ1) is 24.5. The Bertz CT molecular complexity index is 871. The lowest BCUT2D eigenvalue weighted by atomic mass is 10.1. The molecule has 0 bridgehead atoms. The molecule has 176 valence electrons. The van der Waals surface area contributed by atoms with Crippen molar-refractivity contribution in [2.24, 2.45) is 0 Å². The molecule has 1 atom stereocenters. The zero-order chi connectivity index (χ0) is 23.6. The third kappa shape index (κ3) is 5.41. The summed E-state index contributed by atoms with van der Waals surface area (Å²) in [7, 11) is 1.45. The SMILES string of the molecule is COc1c(Cl)cc(C(=O)N2CCC[C@@H]2C(=O)N2CCN(C(=O)OC(C)(C)C)CC2)cc1Cl. The van der Waals surface area contributed by atoms with Crippen LogP contribution in [0.4, 0.5) is 4.79 Å². The van der Waals surface area contributed by atoms with E-state index in [9.17, 15) is 14.4 Å². The molecule has 3 rings (SSSR count). The number of carbonyl (C=O) groups excluding carboxylic acids is 3. The molecule has 0 spiro atoms. The second kappa shape index (κ2) is 9.75. The lowest BCUT2D eigenvalue weighted by molar-refractivity contribution is -0.137. The van der Waals surface area contributed by atoms with Crippen molar-refractivity contribution in [1.82, 2.24) is 14.7 Å². The second-order valence-corrected chi connectivity index (χ2v) is 9.74. The fourth-order valence-corrected chi connectivity index (χ4v) is 4.60. The third-order valence-electron chi connectivity index (χ3n) is 5.49. The summed E-state index contributed by atoms with van der Waals surface area (Å²) in [4.78, 5) is 43.5. The number of ether oxygens (including phenoxy) is 2. The number of rotatable bonds is 3. The molecule has 0 radical (unpaired) electrons. The van der Waals surface area contributed by atoms with Gasteiger partial charge in [-0.15, -0.1) is 0 Å². The van der Waals surface area contributed by atoms with Gasteiger partial charge in [-0.2, -0.15) is 0 Å². The van der Waals surface area contributed by atoms with E-state index < -0.39 is 11.6 Å². The number of carbonyl (C=O) groups is 3. The van der Waals surface area contributed by atoms with Crippen molar-refractivity contribution in [2.45, 2.75) is 45.3 Å². The van der Waals surface area contributed by atoms with E-state index in [2.05, 4.69) is 0 Å². The standard InChI is InChI=1S/C22H29Cl2N3O5/c1-22(2,3)32-21(30)26-10-8-25(9-11-26)20(29)17-6-5-7-27(17)19(28)14-12-15(23)18(31-4)16(24)13-14/h12-13,17H,5-11H2,1-4H3/t17-/m1/s1. The largest absolute Gasteiger partial charge is 0.494 e. The maximum absolute atomic E-state index is 13.2. The number of benzene rings is 1. The van der Waals surface area contributed by atoms with E-state index in [4.69, 9.17) is 32.7 Å². The van der Waals surface area contributed by atoms with Crippen LogP contribution in [0, 0.1) is 0 Å². The Morgan fingerprint density at radius 1 is 0.969 bits per heavy atom. The van der Waals surface area contributed by atoms with Gasteiger partial charge in [0.15, 0.2) is 5.75 Å². The fourth-order valence-electron chi connectivity index (χ4n) is 3.96. The summed E-state index contributed by atoms with van der Waals surface area (Å²) in [6.07, 6.45) is 0.946. The van der Waals surface area contributed by atoms with Crippen molar-refractivity contribution < 1.29 is 23.9 Å². The molecule has 0 aromatic heterocycles. The number of halogens is 2. The Kier molecular flexibility index (Phi) is 7.45. The summed E-state index contributed by atoms with van der Waals surface area (Å²) in [5.74, 6) is -0.0909. The zero-order valence-corrected chi connectivity index (χ0v) is 20.3. The highest BCUT2D eigenvalue weighted by atomic mass is 35.5. The smallest absolute Gasteiger partial charge is 0.410 e. The Balaban J connectivity index is 1.65. The van der Waals surface area contributed by atoms with Gasteiger partial charge < -0.3 is 24.2 Å². The summed E-state index contributed by atoms with van der Waals surface area (Å²) < 4.78 is 10.5. The van der Waals surface area contributed by atoms with Gasteiger partial charge in [-0.1, -0.05) is 23.2 Å². The van der Waals surface area contributed by atoms with E-state index in [1.54, 1.807) is 14.7 Å². The van der Waals surface area contributed by atoms with E-state index in [1.807, 2.05) is 20.8 Å². The van der Waals surface area contributed by atoms with Gasteiger partial charge in [0, 0.05) is 38.3 Å². The van der Waals surface area contributed by atoms with Crippen LogP contribution in [0.25, 0.3) is 0 Å². The molecular formula is C22H29Cl2N3O5. The molecule has 2 saturated heterocycles. The van der Waals surface area contributed by atoms with Gasteiger partial charge in [0.2, 0.25) is 5.91 Å². The molecule has 0 N–H and O–H groups in total. The fraction of sp³-hybridized carbons (Fsp3) is 0.591. The van der Waals surface area contributed by atoms with Crippen molar-refractivity contribution in [3.8, 4) is 5.75 Å². The van der Waals surface area contributed by atoms with Gasteiger partial charge in [0.25, 0.3) is 5.91 Å². The summed E-state index contributed by atoms with van der Waals surface area (Å²) in [6, 6.07) is 2.47. The van der Waals surface area contributed by atoms with Crippen LogP contribution >= 0.6 is 23.2 Å². The van der Waals surface area contributed by atoms with Crippen molar-refractivity contribution in [3.63, 3.8) is 0 Å². The van der Waals surface area contributed by atoms with Gasteiger partial charge in [-0.05, 0) is 45.7 Å². The van der Waals surface area contributed by atoms with Crippen LogP contribution in [0.5, 0.6) is 5.75 Å². The molecule has 2 aliphatic heterocycles. The van der Waals surface area contributed by atoms with Crippen LogP contribution in [-0.4, -0.2) is 84.1 Å². The van der Waals surface area contributed by atoms with Gasteiger partial charge in [0.1, 0.15) is 11.6 Å². The quantitative estimate of drug-likeness (QED) is 0.652. The highest BCUT2D eigenvalue weighted by molar-refractivity contribution is 6.37. The molecule has 1 aromatic carbocycles. The van der Waals surface area contributed by atoms with Gasteiger partial charge in [-0.3, -0.25) is 9.59 Å². The lowest BCUT2D eigenvalue weighted by Crippen LogP contribution is -2.55. The van der Waals surface area contributed by atoms with Crippen LogP contribution < -0.4 is 4.74 Å². The number of hydrogen-bond donors (Lipinski definition) is 0. The lowest BCUT2D eigenvalue weighted by Gasteiger charge is -2.37. The number of methoxy groups -OCH3 is 1. The number of nitrogens with zero attached hydrogens (tertiary/aromatic N) is 3. The zero-order valence-electron chi connectivity index (χ0n) is 18.8. The maximum Gasteiger partial charge on any atom is 0.410 e. The van der Waals surface area contributed by atoms with Crippen LogP contribution in [-0.2, 0) is 9.53 Å². The molecule has 2 fully saturated rings. The molecule has 8 nitrogen and oxygen atoms in total. The first-order chi connectivity index (χ1) is 15.0. The van der Waals surface area contributed by atoms with Crippen molar-refractivity contribution in [1.29, 1.82) is 0 Å². The molecular weight excluding hydrogens is 457 g/mol. The van der Waals surface area contributed by atoms with Gasteiger partial charge >= 0.3 is 6.09 Å². The van der Waals surface area contributed by atoms with E-state index in [-0.39, 0.29) is 28.0 Å². The normalized spacial score (nSPS) is 19.2. The molecule has 0 unspecified atom stereocenters. The summed E-state index contributed by atoms with van der Waals surface area (Å²) >= 11 is 12.4. The second-order valence-electron chi connectivity index (χ2n) is 8.92. The summed E-state index contributed by atoms with van der Waals surface area (Å²) in [5.41, 5.74) is -0.252. The molecule has 0 saturated carbocycles. The monoisotopic (exact) mass is 485 g/mol. The molecule has 2 heterocycles. The Morgan fingerprint density at radius 2 is 1.53 bits per heavy atom. The van der Waals surface area contributed by atoms with Crippen molar-refractivity contribution in [3.05, 3.63) is 27.7 Å². The minimum Gasteiger partial charge on any atom is -0.494 e. The minimum absolute atomic E-state index is 0.106. The van der Waals surface area contributed by atoms with E-state index in [0.717, 1.165) is 6.42 Å². The van der Waals surface area contributed by atoms with Gasteiger partial charge in [0.05, 0.1) is 17.2 Å². The predicted molar refractivity (Wildman–Crippen MR) is 121 cm³/mol. The summed E-state index contributed by atoms with van der Waals surface area (Å²) in [6.45, 7) is 7.52. The number of likely N-dealkylation sites (tertiary alicyclic amines) is 1. The molecule has 3 amide bonds. The number of amides is 3. The molecule has 0 aliphatic carbocycles. The number of piperazine rings is 1. The topological polar surface area (TPSA) is 79.4 Å². The Hall–Kier alpha value is -2.19. The van der Waals surface area contributed by atoms with Crippen LogP contribution in [0.3, 0.4) is 0 Å². The minimum atomic E-state index is -0.567. The summed E-state index contributed by atoms with van der Waals surface area (Å²) in [5, 5.41) is 0.479. The molecule has 32 heavy (non-hydrogen) atoms. The average molecular weight is 486 g/mol. The number of hydrogen-bond acceptors (Lipinski definition) is 5.